The average Bonchev–Trinajstić information content (AvgIpc) is 2.88. The highest BCUT2D eigenvalue weighted by atomic mass is 35.5. The summed E-state index contributed by atoms with van der Waals surface area (Å²) in [6.45, 7) is 0.357. The van der Waals surface area contributed by atoms with Crippen LogP contribution in [0, 0.1) is 0 Å². The van der Waals surface area contributed by atoms with Gasteiger partial charge in [0.2, 0.25) is 0 Å². The maximum Gasteiger partial charge on any atom is 0.326 e. The van der Waals surface area contributed by atoms with Gasteiger partial charge in [0.05, 0.1) is 20.5 Å². The van der Waals surface area contributed by atoms with Crippen molar-refractivity contribution in [2.24, 2.45) is 0 Å². The Labute approximate surface area is 239 Å². The predicted octanol–water partition coefficient (Wildman–Crippen LogP) is 3.43. The van der Waals surface area contributed by atoms with Crippen LogP contribution < -0.4 is 5.32 Å². The molecule has 10 nitrogen and oxygen atoms in total. The second-order valence-corrected chi connectivity index (χ2v) is 12.2. The van der Waals surface area contributed by atoms with E-state index in [9.17, 15) is 38.1 Å². The average molecular weight is 607 g/mol. The van der Waals surface area contributed by atoms with Crippen molar-refractivity contribution in [2.45, 2.75) is 30.3 Å². The topological polar surface area (TPSA) is 161 Å². The van der Waals surface area contributed by atoms with E-state index in [0.29, 0.717) is 16.7 Å². The molecule has 4 rings (SSSR count). The number of hydrogen-bond acceptors (Lipinski definition) is 7. The number of nitrogens with one attached hydrogen (secondary N) is 1. The van der Waals surface area contributed by atoms with Gasteiger partial charge in [-0.3, -0.25) is 9.59 Å². The number of carbonyl (C=O) groups is 3. The summed E-state index contributed by atoms with van der Waals surface area (Å²) >= 11 is 13.0. The fraction of sp³-hybridized carbons (Fsp3) is 0.222. The van der Waals surface area contributed by atoms with Crippen molar-refractivity contribution >= 4 is 50.8 Å². The molecule has 1 atom stereocenters. The first-order chi connectivity index (χ1) is 18.8. The van der Waals surface area contributed by atoms with Gasteiger partial charge in [0, 0.05) is 31.3 Å². The summed E-state index contributed by atoms with van der Waals surface area (Å²) in [5.74, 6) is -3.32. The number of carbonyl (C=O) groups excluding carboxylic acids is 2. The lowest BCUT2D eigenvalue weighted by molar-refractivity contribution is -0.139. The minimum absolute atomic E-state index is 0.0241. The highest BCUT2D eigenvalue weighted by Crippen LogP contribution is 2.35. The summed E-state index contributed by atoms with van der Waals surface area (Å²) in [5, 5.41) is 31.4. The zero-order valence-corrected chi connectivity index (χ0v) is 23.3. The SMILES string of the molecule is CS(=O)(=O)c1cccc(C[C@H](NC(=O)c2c(Cl)cc3c(c2Cl)CCN(C(=O)c2ccc(O)c(O)c2)C3)C(=O)O)c1. The van der Waals surface area contributed by atoms with Crippen LogP contribution in [0.1, 0.15) is 37.4 Å². The summed E-state index contributed by atoms with van der Waals surface area (Å²) in [6.07, 6.45) is 1.13. The van der Waals surface area contributed by atoms with Crippen molar-refractivity contribution in [1.29, 1.82) is 0 Å². The Kier molecular flexibility index (Phi) is 8.29. The van der Waals surface area contributed by atoms with Crippen LogP contribution in [0.5, 0.6) is 11.5 Å². The van der Waals surface area contributed by atoms with Gasteiger partial charge in [-0.05, 0) is 59.5 Å². The summed E-state index contributed by atoms with van der Waals surface area (Å²) in [4.78, 5) is 39.6. The fourth-order valence-electron chi connectivity index (χ4n) is 4.44. The van der Waals surface area contributed by atoms with Crippen LogP contribution in [0.15, 0.2) is 53.4 Å². The first-order valence-corrected chi connectivity index (χ1v) is 14.5. The first kappa shape index (κ1) is 29.2. The van der Waals surface area contributed by atoms with Gasteiger partial charge in [0.25, 0.3) is 11.8 Å². The molecule has 0 spiro atoms. The van der Waals surface area contributed by atoms with E-state index in [-0.39, 0.29) is 63.7 Å². The highest BCUT2D eigenvalue weighted by Gasteiger charge is 2.30. The third kappa shape index (κ3) is 6.16. The van der Waals surface area contributed by atoms with E-state index in [1.165, 1.54) is 41.3 Å². The van der Waals surface area contributed by atoms with Gasteiger partial charge in [-0.25, -0.2) is 13.2 Å². The number of halogens is 2. The molecule has 0 unspecified atom stereocenters. The van der Waals surface area contributed by atoms with Gasteiger partial charge in [0.1, 0.15) is 6.04 Å². The fourth-order valence-corrected chi connectivity index (χ4v) is 5.90. The summed E-state index contributed by atoms with van der Waals surface area (Å²) in [5.41, 5.74) is 1.64. The quantitative estimate of drug-likeness (QED) is 0.297. The molecule has 0 aromatic heterocycles. The van der Waals surface area contributed by atoms with Crippen molar-refractivity contribution in [3.63, 3.8) is 0 Å². The molecule has 1 heterocycles. The van der Waals surface area contributed by atoms with Crippen LogP contribution in [0.2, 0.25) is 10.0 Å². The first-order valence-electron chi connectivity index (χ1n) is 11.9. The Morgan fingerprint density at radius 3 is 2.42 bits per heavy atom. The highest BCUT2D eigenvalue weighted by molar-refractivity contribution is 7.90. The minimum Gasteiger partial charge on any atom is -0.504 e. The van der Waals surface area contributed by atoms with Gasteiger partial charge in [-0.1, -0.05) is 35.3 Å². The van der Waals surface area contributed by atoms with E-state index in [4.69, 9.17) is 23.2 Å². The molecule has 2 amide bonds. The van der Waals surface area contributed by atoms with E-state index in [0.717, 1.165) is 12.3 Å². The zero-order valence-electron chi connectivity index (χ0n) is 21.0. The molecule has 0 bridgehead atoms. The number of carboxylic acid groups (broad SMARTS) is 1. The number of rotatable bonds is 7. The Morgan fingerprint density at radius 1 is 1.05 bits per heavy atom. The van der Waals surface area contributed by atoms with E-state index >= 15 is 0 Å². The lowest BCUT2D eigenvalue weighted by atomic mass is 9.95. The number of sulfone groups is 1. The van der Waals surface area contributed by atoms with Crippen molar-refractivity contribution in [3.05, 3.63) is 86.4 Å². The number of aromatic hydroxyl groups is 2. The number of phenolic OH excluding ortho intramolecular Hbond substituents is 2. The van der Waals surface area contributed by atoms with E-state index in [1.54, 1.807) is 6.07 Å². The molecule has 4 N–H and O–H groups in total. The zero-order chi connectivity index (χ0) is 29.4. The maximum absolute atomic E-state index is 13.2. The standard InChI is InChI=1S/C27H24Cl2N2O8S/c1-40(38,39)17-4-2-3-14(9-17)10-20(27(36)37)30-25(34)23-19(28)11-16-13-31(8-7-18(16)24(23)29)26(35)15-5-6-21(32)22(33)12-15/h2-6,9,11-12,20,32-33H,7-8,10,13H2,1H3,(H,30,34)(H,36,37)/t20-/m0/s1. The summed E-state index contributed by atoms with van der Waals surface area (Å²) < 4.78 is 23.7. The van der Waals surface area contributed by atoms with Crippen LogP contribution in [-0.2, 0) is 34.0 Å². The molecule has 210 valence electrons. The number of fused-ring (bicyclic) bond motifs is 1. The van der Waals surface area contributed by atoms with Crippen molar-refractivity contribution in [3.8, 4) is 11.5 Å². The molecule has 1 aliphatic rings. The van der Waals surface area contributed by atoms with Gasteiger partial charge >= 0.3 is 5.97 Å². The van der Waals surface area contributed by atoms with Crippen LogP contribution in [0.4, 0.5) is 0 Å². The van der Waals surface area contributed by atoms with Gasteiger partial charge < -0.3 is 25.5 Å². The van der Waals surface area contributed by atoms with Gasteiger partial charge in [0.15, 0.2) is 21.3 Å². The Morgan fingerprint density at radius 2 is 1.77 bits per heavy atom. The largest absolute Gasteiger partial charge is 0.504 e. The molecule has 0 saturated carbocycles. The molecular formula is C27H24Cl2N2O8S. The number of carboxylic acids is 1. The molecule has 13 heteroatoms. The lowest BCUT2D eigenvalue weighted by Crippen LogP contribution is -2.42. The smallest absolute Gasteiger partial charge is 0.326 e. The summed E-state index contributed by atoms with van der Waals surface area (Å²) in [6, 6.07) is 9.65. The van der Waals surface area contributed by atoms with Crippen LogP contribution in [-0.4, -0.2) is 65.3 Å². The van der Waals surface area contributed by atoms with Crippen LogP contribution in [0.25, 0.3) is 0 Å². The van der Waals surface area contributed by atoms with Crippen LogP contribution >= 0.6 is 23.2 Å². The second kappa shape index (κ2) is 11.4. The van der Waals surface area contributed by atoms with E-state index in [2.05, 4.69) is 5.32 Å². The number of nitrogens with zero attached hydrogens (tertiary/aromatic N) is 1. The summed E-state index contributed by atoms with van der Waals surface area (Å²) in [7, 11) is -3.51. The molecular weight excluding hydrogens is 583 g/mol. The normalized spacial score (nSPS) is 13.8. The number of amides is 2. The Balaban J connectivity index is 1.55. The Hall–Kier alpha value is -3.80. The predicted molar refractivity (Wildman–Crippen MR) is 147 cm³/mol. The minimum atomic E-state index is -3.51. The number of aliphatic carboxylic acids is 1. The third-order valence-corrected chi connectivity index (χ3v) is 8.34. The lowest BCUT2D eigenvalue weighted by Gasteiger charge is -2.30. The molecule has 0 saturated heterocycles. The van der Waals surface area contributed by atoms with Crippen molar-refractivity contribution < 1.29 is 38.1 Å². The van der Waals surface area contributed by atoms with E-state index in [1.807, 2.05) is 0 Å². The number of phenols is 2. The van der Waals surface area contributed by atoms with Crippen LogP contribution in [0.3, 0.4) is 0 Å². The Bertz CT molecular complexity index is 1640. The monoisotopic (exact) mass is 606 g/mol. The molecule has 0 fully saturated rings. The van der Waals surface area contributed by atoms with Crippen molar-refractivity contribution in [1.82, 2.24) is 10.2 Å². The number of hydrogen-bond donors (Lipinski definition) is 4. The molecule has 0 aliphatic carbocycles. The molecule has 0 radical (unpaired) electrons. The molecule has 40 heavy (non-hydrogen) atoms. The van der Waals surface area contributed by atoms with Gasteiger partial charge in [-0.15, -0.1) is 0 Å². The molecule has 3 aromatic carbocycles. The third-order valence-electron chi connectivity index (χ3n) is 6.51. The second-order valence-electron chi connectivity index (χ2n) is 9.35. The van der Waals surface area contributed by atoms with Crippen molar-refractivity contribution in [2.75, 3.05) is 12.8 Å². The molecule has 1 aliphatic heterocycles. The van der Waals surface area contributed by atoms with E-state index < -0.39 is 33.5 Å². The van der Waals surface area contributed by atoms with Gasteiger partial charge in [-0.2, -0.15) is 0 Å². The maximum atomic E-state index is 13.2. The number of benzene rings is 3. The molecule has 3 aromatic rings.